The third kappa shape index (κ3) is 2.24. The van der Waals surface area contributed by atoms with E-state index >= 15 is 0 Å². The average molecular weight is 248 g/mol. The number of hydrogen-bond acceptors (Lipinski definition) is 2. The van der Waals surface area contributed by atoms with Crippen molar-refractivity contribution in [2.75, 3.05) is 0 Å². The molecule has 0 aliphatic heterocycles. The second-order valence-corrected chi connectivity index (χ2v) is 4.88. The first-order chi connectivity index (χ1) is 8.33. The van der Waals surface area contributed by atoms with E-state index in [2.05, 4.69) is 17.4 Å². The van der Waals surface area contributed by atoms with Crippen molar-refractivity contribution in [3.05, 3.63) is 58.5 Å². The lowest BCUT2D eigenvalue weighted by Crippen LogP contribution is -2.18. The molecule has 1 aromatic heterocycles. The Morgan fingerprint density at radius 3 is 3.12 bits per heavy atom. The SMILES string of the molecule is Clc1ccc2c(c1)CCC2NCc1ccoc1. The lowest BCUT2D eigenvalue weighted by molar-refractivity contribution is 0.521. The van der Waals surface area contributed by atoms with Crippen LogP contribution in [0.2, 0.25) is 5.02 Å². The van der Waals surface area contributed by atoms with E-state index in [4.69, 9.17) is 16.0 Å². The fourth-order valence-electron chi connectivity index (χ4n) is 2.43. The summed E-state index contributed by atoms with van der Waals surface area (Å²) in [6, 6.07) is 8.62. The molecule has 0 spiro atoms. The number of rotatable bonds is 3. The summed E-state index contributed by atoms with van der Waals surface area (Å²) in [5, 5.41) is 4.39. The largest absolute Gasteiger partial charge is 0.472 e. The van der Waals surface area contributed by atoms with E-state index in [1.54, 1.807) is 12.5 Å². The summed E-state index contributed by atoms with van der Waals surface area (Å²) in [6.45, 7) is 0.850. The molecule has 0 bridgehead atoms. The van der Waals surface area contributed by atoms with E-state index in [1.807, 2.05) is 12.1 Å². The molecule has 0 amide bonds. The van der Waals surface area contributed by atoms with Crippen LogP contribution in [0.15, 0.2) is 41.2 Å². The van der Waals surface area contributed by atoms with E-state index in [0.717, 1.165) is 24.4 Å². The van der Waals surface area contributed by atoms with Gasteiger partial charge >= 0.3 is 0 Å². The van der Waals surface area contributed by atoms with Crippen LogP contribution in [-0.4, -0.2) is 0 Å². The summed E-state index contributed by atoms with van der Waals surface area (Å²) in [5.41, 5.74) is 3.95. The van der Waals surface area contributed by atoms with Crippen molar-refractivity contribution in [2.24, 2.45) is 0 Å². The predicted molar refractivity (Wildman–Crippen MR) is 68.1 cm³/mol. The number of benzene rings is 1. The molecule has 1 N–H and O–H groups in total. The molecule has 17 heavy (non-hydrogen) atoms. The summed E-state index contributed by atoms with van der Waals surface area (Å²) >= 11 is 6.00. The molecule has 1 atom stereocenters. The topological polar surface area (TPSA) is 25.2 Å². The summed E-state index contributed by atoms with van der Waals surface area (Å²) in [4.78, 5) is 0. The summed E-state index contributed by atoms with van der Waals surface area (Å²) in [6.07, 6.45) is 5.75. The van der Waals surface area contributed by atoms with Crippen LogP contribution in [0, 0.1) is 0 Å². The molecule has 0 radical (unpaired) electrons. The molecule has 0 saturated carbocycles. The standard InChI is InChI=1S/C14H14ClNO/c15-12-2-3-13-11(7-12)1-4-14(13)16-8-10-5-6-17-9-10/h2-3,5-7,9,14,16H,1,4,8H2. The summed E-state index contributed by atoms with van der Waals surface area (Å²) in [5.74, 6) is 0. The number of halogens is 1. The van der Waals surface area contributed by atoms with Crippen LogP contribution in [0.4, 0.5) is 0 Å². The molecule has 88 valence electrons. The minimum Gasteiger partial charge on any atom is -0.472 e. The minimum absolute atomic E-state index is 0.442. The lowest BCUT2D eigenvalue weighted by atomic mass is 10.1. The highest BCUT2D eigenvalue weighted by Gasteiger charge is 2.21. The molecule has 1 aliphatic rings. The third-order valence-electron chi connectivity index (χ3n) is 3.32. The molecular weight excluding hydrogens is 234 g/mol. The second kappa shape index (κ2) is 4.55. The van der Waals surface area contributed by atoms with Gasteiger partial charge in [-0.15, -0.1) is 0 Å². The van der Waals surface area contributed by atoms with E-state index in [1.165, 1.54) is 16.7 Å². The Kier molecular flexibility index (Phi) is 2.91. The maximum Gasteiger partial charge on any atom is 0.0947 e. The van der Waals surface area contributed by atoms with Crippen LogP contribution in [-0.2, 0) is 13.0 Å². The normalized spacial score (nSPS) is 18.3. The van der Waals surface area contributed by atoms with Gasteiger partial charge in [0.05, 0.1) is 12.5 Å². The van der Waals surface area contributed by atoms with Crippen LogP contribution in [0.1, 0.15) is 29.2 Å². The van der Waals surface area contributed by atoms with Gasteiger partial charge in [-0.2, -0.15) is 0 Å². The molecule has 1 aromatic carbocycles. The van der Waals surface area contributed by atoms with Gasteiger partial charge in [0.25, 0.3) is 0 Å². The third-order valence-corrected chi connectivity index (χ3v) is 3.55. The van der Waals surface area contributed by atoms with E-state index < -0.39 is 0 Å². The molecule has 0 fully saturated rings. The van der Waals surface area contributed by atoms with Crippen LogP contribution < -0.4 is 5.32 Å². The Labute approximate surface area is 106 Å². The van der Waals surface area contributed by atoms with Crippen LogP contribution in [0.25, 0.3) is 0 Å². The van der Waals surface area contributed by atoms with E-state index in [9.17, 15) is 0 Å². The highest BCUT2D eigenvalue weighted by molar-refractivity contribution is 6.30. The Balaban J connectivity index is 1.71. The molecule has 1 unspecified atom stereocenters. The Morgan fingerprint density at radius 1 is 1.35 bits per heavy atom. The van der Waals surface area contributed by atoms with Gasteiger partial charge in [-0.3, -0.25) is 0 Å². The molecule has 3 heteroatoms. The monoisotopic (exact) mass is 247 g/mol. The van der Waals surface area contributed by atoms with Gasteiger partial charge in [-0.25, -0.2) is 0 Å². The highest BCUT2D eigenvalue weighted by atomic mass is 35.5. The average Bonchev–Trinajstić information content (AvgIpc) is 2.94. The predicted octanol–water partition coefficient (Wildman–Crippen LogP) is 3.71. The smallest absolute Gasteiger partial charge is 0.0947 e. The van der Waals surface area contributed by atoms with Crippen molar-refractivity contribution >= 4 is 11.6 Å². The molecule has 1 heterocycles. The van der Waals surface area contributed by atoms with Crippen molar-refractivity contribution in [3.8, 4) is 0 Å². The first kappa shape index (κ1) is 10.9. The zero-order chi connectivity index (χ0) is 11.7. The van der Waals surface area contributed by atoms with Gasteiger partial charge in [0.1, 0.15) is 0 Å². The van der Waals surface area contributed by atoms with Crippen LogP contribution >= 0.6 is 11.6 Å². The minimum atomic E-state index is 0.442. The maximum absolute atomic E-state index is 6.00. The Hall–Kier alpha value is -1.25. The number of aryl methyl sites for hydroxylation is 1. The molecule has 1 aliphatic carbocycles. The first-order valence-corrected chi connectivity index (χ1v) is 6.23. The van der Waals surface area contributed by atoms with Crippen molar-refractivity contribution in [1.82, 2.24) is 5.32 Å². The van der Waals surface area contributed by atoms with Crippen molar-refractivity contribution < 1.29 is 4.42 Å². The fourth-order valence-corrected chi connectivity index (χ4v) is 2.63. The highest BCUT2D eigenvalue weighted by Crippen LogP contribution is 2.32. The molecule has 0 saturated heterocycles. The summed E-state index contributed by atoms with van der Waals surface area (Å²) < 4.78 is 5.06. The van der Waals surface area contributed by atoms with Gasteiger partial charge in [0.15, 0.2) is 0 Å². The van der Waals surface area contributed by atoms with E-state index in [0.29, 0.717) is 6.04 Å². The second-order valence-electron chi connectivity index (χ2n) is 4.45. The van der Waals surface area contributed by atoms with Gasteiger partial charge in [0, 0.05) is 23.2 Å². The number of furan rings is 1. The molecule has 3 rings (SSSR count). The fraction of sp³-hybridized carbons (Fsp3) is 0.286. The maximum atomic E-state index is 6.00. The van der Waals surface area contributed by atoms with Crippen LogP contribution in [0.5, 0.6) is 0 Å². The zero-order valence-corrected chi connectivity index (χ0v) is 10.2. The quantitative estimate of drug-likeness (QED) is 0.895. The number of hydrogen-bond donors (Lipinski definition) is 1. The van der Waals surface area contributed by atoms with Gasteiger partial charge < -0.3 is 9.73 Å². The van der Waals surface area contributed by atoms with Gasteiger partial charge in [-0.1, -0.05) is 17.7 Å². The Morgan fingerprint density at radius 2 is 2.29 bits per heavy atom. The van der Waals surface area contributed by atoms with E-state index in [-0.39, 0.29) is 0 Å². The van der Waals surface area contributed by atoms with Gasteiger partial charge in [-0.05, 0) is 42.2 Å². The first-order valence-electron chi connectivity index (χ1n) is 5.86. The Bertz CT molecular complexity index is 507. The van der Waals surface area contributed by atoms with Crippen molar-refractivity contribution in [3.63, 3.8) is 0 Å². The van der Waals surface area contributed by atoms with Crippen LogP contribution in [0.3, 0.4) is 0 Å². The van der Waals surface area contributed by atoms with Crippen molar-refractivity contribution in [1.29, 1.82) is 0 Å². The molecule has 2 nitrogen and oxygen atoms in total. The lowest BCUT2D eigenvalue weighted by Gasteiger charge is -2.13. The zero-order valence-electron chi connectivity index (χ0n) is 9.45. The number of nitrogens with one attached hydrogen (secondary N) is 1. The van der Waals surface area contributed by atoms with Crippen molar-refractivity contribution in [2.45, 2.75) is 25.4 Å². The summed E-state index contributed by atoms with van der Waals surface area (Å²) in [7, 11) is 0. The molecular formula is C14H14ClNO. The molecule has 2 aromatic rings. The number of fused-ring (bicyclic) bond motifs is 1. The van der Waals surface area contributed by atoms with Gasteiger partial charge in [0.2, 0.25) is 0 Å².